The Hall–Kier alpha value is -3.04. The van der Waals surface area contributed by atoms with Crippen molar-refractivity contribution >= 4 is 21.7 Å². The lowest BCUT2D eigenvalue weighted by Crippen LogP contribution is -2.29. The van der Waals surface area contributed by atoms with Gasteiger partial charge in [-0.25, -0.2) is 13.2 Å². The number of nitrogens with zero attached hydrogens (tertiary/aromatic N) is 1. The summed E-state index contributed by atoms with van der Waals surface area (Å²) in [5, 5.41) is 11.5. The molecular formula is C19H20N2O6S. The summed E-state index contributed by atoms with van der Waals surface area (Å²) in [6.07, 6.45) is 0. The Morgan fingerprint density at radius 2 is 1.82 bits per heavy atom. The topological polar surface area (TPSA) is 116 Å². The molecule has 2 aromatic rings. The number of nitro benzene ring substituents is 1. The van der Waals surface area contributed by atoms with Crippen LogP contribution in [0, 0.1) is 17.0 Å². The maximum Gasteiger partial charge on any atom is 0.338 e. The third-order valence-electron chi connectivity index (χ3n) is 4.06. The standard InChI is InChI=1S/C19H20N2O6S/c1-12(2)18(20-28(25,26)15-8-5-13(3)6-9-15)16-10-7-14(19(22)27-4)11-17(16)21(23)24/h5-11,18,20H,1H2,2-4H3. The smallest absolute Gasteiger partial charge is 0.338 e. The van der Waals surface area contributed by atoms with Crippen LogP contribution in [0.1, 0.15) is 34.5 Å². The van der Waals surface area contributed by atoms with Gasteiger partial charge in [-0.15, -0.1) is 0 Å². The molecule has 0 saturated heterocycles. The normalized spacial score (nSPS) is 12.2. The average molecular weight is 404 g/mol. The zero-order valence-corrected chi connectivity index (χ0v) is 16.4. The molecule has 0 amide bonds. The molecule has 0 aliphatic rings. The molecule has 1 N–H and O–H groups in total. The summed E-state index contributed by atoms with van der Waals surface area (Å²) in [7, 11) is -2.81. The Kier molecular flexibility index (Phi) is 6.32. The van der Waals surface area contributed by atoms with E-state index in [0.717, 1.165) is 18.7 Å². The minimum absolute atomic E-state index is 0.0141. The highest BCUT2D eigenvalue weighted by Crippen LogP contribution is 2.31. The Bertz CT molecular complexity index is 1030. The molecule has 0 heterocycles. The molecule has 2 aromatic carbocycles. The molecule has 28 heavy (non-hydrogen) atoms. The highest BCUT2D eigenvalue weighted by Gasteiger charge is 2.29. The average Bonchev–Trinajstić information content (AvgIpc) is 2.65. The predicted molar refractivity (Wildman–Crippen MR) is 103 cm³/mol. The van der Waals surface area contributed by atoms with Crippen LogP contribution < -0.4 is 4.72 Å². The summed E-state index contributed by atoms with van der Waals surface area (Å²) in [4.78, 5) is 22.5. The van der Waals surface area contributed by atoms with Crippen molar-refractivity contribution in [2.45, 2.75) is 24.8 Å². The fourth-order valence-corrected chi connectivity index (χ4v) is 3.83. The molecule has 0 radical (unpaired) electrons. The summed E-state index contributed by atoms with van der Waals surface area (Å²) in [5.41, 5.74) is 0.886. The van der Waals surface area contributed by atoms with Crippen LogP contribution in [0.25, 0.3) is 0 Å². The minimum Gasteiger partial charge on any atom is -0.465 e. The number of benzene rings is 2. The van der Waals surface area contributed by atoms with Crippen molar-refractivity contribution in [3.8, 4) is 0 Å². The molecule has 1 atom stereocenters. The van der Waals surface area contributed by atoms with Gasteiger partial charge in [0.25, 0.3) is 5.69 Å². The molecular weight excluding hydrogens is 384 g/mol. The van der Waals surface area contributed by atoms with Crippen LogP contribution in [0.15, 0.2) is 59.5 Å². The Balaban J connectivity index is 2.52. The molecule has 0 aliphatic heterocycles. The highest BCUT2D eigenvalue weighted by atomic mass is 32.2. The summed E-state index contributed by atoms with van der Waals surface area (Å²) in [6.45, 7) is 7.14. The summed E-state index contributed by atoms with van der Waals surface area (Å²) in [5.74, 6) is -0.734. The molecule has 148 valence electrons. The van der Waals surface area contributed by atoms with Gasteiger partial charge in [0.2, 0.25) is 10.0 Å². The molecule has 0 fully saturated rings. The summed E-state index contributed by atoms with van der Waals surface area (Å²) in [6, 6.07) is 8.85. The van der Waals surface area contributed by atoms with Gasteiger partial charge in [-0.3, -0.25) is 10.1 Å². The molecule has 9 heteroatoms. The van der Waals surface area contributed by atoms with Crippen LogP contribution in [0.4, 0.5) is 5.69 Å². The van der Waals surface area contributed by atoms with E-state index in [1.807, 2.05) is 6.92 Å². The second kappa shape index (κ2) is 8.32. The van der Waals surface area contributed by atoms with Gasteiger partial charge in [-0.2, -0.15) is 4.72 Å². The first-order valence-corrected chi connectivity index (χ1v) is 9.66. The van der Waals surface area contributed by atoms with Crippen molar-refractivity contribution in [3.63, 3.8) is 0 Å². The largest absolute Gasteiger partial charge is 0.465 e. The van der Waals surface area contributed by atoms with E-state index in [2.05, 4.69) is 16.0 Å². The van der Waals surface area contributed by atoms with Crippen molar-refractivity contribution in [2.24, 2.45) is 0 Å². The fraction of sp³-hybridized carbons (Fsp3) is 0.211. The van der Waals surface area contributed by atoms with Gasteiger partial charge < -0.3 is 4.74 Å². The molecule has 1 unspecified atom stereocenters. The van der Waals surface area contributed by atoms with Crippen molar-refractivity contribution in [1.82, 2.24) is 4.72 Å². The predicted octanol–water partition coefficient (Wildman–Crippen LogP) is 3.29. The number of aryl methyl sites for hydroxylation is 1. The summed E-state index contributed by atoms with van der Waals surface area (Å²) < 4.78 is 32.5. The third-order valence-corrected chi connectivity index (χ3v) is 5.50. The zero-order chi connectivity index (χ0) is 21.1. The van der Waals surface area contributed by atoms with Gasteiger partial charge in [0, 0.05) is 6.07 Å². The molecule has 0 bridgehead atoms. The molecule has 0 spiro atoms. The number of hydrogen-bond donors (Lipinski definition) is 1. The van der Waals surface area contributed by atoms with Gasteiger partial charge in [-0.05, 0) is 38.1 Å². The van der Waals surface area contributed by atoms with Crippen LogP contribution in [0.3, 0.4) is 0 Å². The van der Waals surface area contributed by atoms with Crippen LogP contribution in [-0.4, -0.2) is 26.4 Å². The minimum atomic E-state index is -3.97. The van der Waals surface area contributed by atoms with Crippen molar-refractivity contribution in [2.75, 3.05) is 7.11 Å². The Morgan fingerprint density at radius 3 is 2.32 bits per heavy atom. The third kappa shape index (κ3) is 4.62. The van der Waals surface area contributed by atoms with E-state index in [9.17, 15) is 23.3 Å². The molecule has 0 aromatic heterocycles. The maximum atomic E-state index is 12.7. The van der Waals surface area contributed by atoms with Gasteiger partial charge in [0.15, 0.2) is 0 Å². The maximum absolute atomic E-state index is 12.7. The monoisotopic (exact) mass is 404 g/mol. The fourth-order valence-electron chi connectivity index (χ4n) is 2.56. The van der Waals surface area contributed by atoms with Crippen LogP contribution >= 0.6 is 0 Å². The van der Waals surface area contributed by atoms with Gasteiger partial charge >= 0.3 is 5.97 Å². The first-order valence-electron chi connectivity index (χ1n) is 8.18. The molecule has 0 saturated carbocycles. The lowest BCUT2D eigenvalue weighted by atomic mass is 9.98. The second-order valence-electron chi connectivity index (χ2n) is 6.24. The van der Waals surface area contributed by atoms with E-state index >= 15 is 0 Å². The van der Waals surface area contributed by atoms with Gasteiger partial charge in [0.05, 0.1) is 34.1 Å². The van der Waals surface area contributed by atoms with E-state index in [1.54, 1.807) is 19.1 Å². The highest BCUT2D eigenvalue weighted by molar-refractivity contribution is 7.89. The molecule has 0 aliphatic carbocycles. The van der Waals surface area contributed by atoms with Crippen molar-refractivity contribution in [3.05, 3.63) is 81.4 Å². The number of esters is 1. The van der Waals surface area contributed by atoms with Crippen LogP contribution in [0.2, 0.25) is 0 Å². The molecule has 2 rings (SSSR count). The Labute approximate surface area is 163 Å². The van der Waals surface area contributed by atoms with E-state index < -0.39 is 32.6 Å². The SMILES string of the molecule is C=C(C)C(NS(=O)(=O)c1ccc(C)cc1)c1ccc(C(=O)OC)cc1[N+](=O)[O-]. The van der Waals surface area contributed by atoms with E-state index in [1.165, 1.54) is 24.3 Å². The van der Waals surface area contributed by atoms with Gasteiger partial charge in [-0.1, -0.05) is 29.8 Å². The van der Waals surface area contributed by atoms with E-state index in [4.69, 9.17) is 0 Å². The lowest BCUT2D eigenvalue weighted by Gasteiger charge is -2.20. The Morgan fingerprint density at radius 1 is 1.21 bits per heavy atom. The second-order valence-corrected chi connectivity index (χ2v) is 7.95. The lowest BCUT2D eigenvalue weighted by molar-refractivity contribution is -0.385. The number of carbonyl (C=O) groups excluding carboxylic acids is 1. The van der Waals surface area contributed by atoms with Crippen LogP contribution in [-0.2, 0) is 14.8 Å². The quantitative estimate of drug-likeness (QED) is 0.328. The number of hydrogen-bond acceptors (Lipinski definition) is 6. The number of rotatable bonds is 7. The van der Waals surface area contributed by atoms with Gasteiger partial charge in [0.1, 0.15) is 0 Å². The number of ether oxygens (including phenoxy) is 1. The number of nitro groups is 1. The number of methoxy groups -OCH3 is 1. The first-order chi connectivity index (χ1) is 13.1. The number of sulfonamides is 1. The number of carbonyl (C=O) groups is 1. The van der Waals surface area contributed by atoms with E-state index in [-0.39, 0.29) is 16.0 Å². The zero-order valence-electron chi connectivity index (χ0n) is 15.6. The number of nitrogens with one attached hydrogen (secondary N) is 1. The van der Waals surface area contributed by atoms with Crippen molar-refractivity contribution in [1.29, 1.82) is 0 Å². The van der Waals surface area contributed by atoms with E-state index in [0.29, 0.717) is 5.57 Å². The van der Waals surface area contributed by atoms with Crippen molar-refractivity contribution < 1.29 is 22.9 Å². The van der Waals surface area contributed by atoms with Crippen LogP contribution in [0.5, 0.6) is 0 Å². The summed E-state index contributed by atoms with van der Waals surface area (Å²) >= 11 is 0. The molecule has 8 nitrogen and oxygen atoms in total. The first kappa shape index (κ1) is 21.3.